The normalized spacial score (nSPS) is 17.4. The molecule has 18 heavy (non-hydrogen) atoms. The lowest BCUT2D eigenvalue weighted by Crippen LogP contribution is -2.23. The lowest BCUT2D eigenvalue weighted by molar-refractivity contribution is 0.362. The van der Waals surface area contributed by atoms with E-state index in [4.69, 9.17) is 0 Å². The molecule has 0 unspecified atom stereocenters. The van der Waals surface area contributed by atoms with Crippen LogP contribution in [0.3, 0.4) is 0 Å². The molecular weight excluding hydrogens is 240 g/mol. The monoisotopic (exact) mass is 260 g/mol. The molecule has 1 aromatic rings. The standard InChI is InChI=1S/C15H20N2S/c1-15(8-3-4-9-15)11-17-13-6-5-7-14(18-2)12(13)10-16/h5-7,17H,3-4,8-9,11H2,1-2H3. The first-order chi connectivity index (χ1) is 8.68. The Hall–Kier alpha value is -1.14. The second-order valence-corrected chi connectivity index (χ2v) is 6.21. The minimum Gasteiger partial charge on any atom is -0.383 e. The molecular formula is C15H20N2S. The van der Waals surface area contributed by atoms with Gasteiger partial charge in [0.05, 0.1) is 11.3 Å². The van der Waals surface area contributed by atoms with Crippen molar-refractivity contribution in [3.63, 3.8) is 0 Å². The van der Waals surface area contributed by atoms with Crippen LogP contribution in [0.2, 0.25) is 0 Å². The van der Waals surface area contributed by atoms with Crippen LogP contribution < -0.4 is 5.32 Å². The van der Waals surface area contributed by atoms with Crippen LogP contribution >= 0.6 is 11.8 Å². The van der Waals surface area contributed by atoms with E-state index in [0.717, 1.165) is 22.7 Å². The van der Waals surface area contributed by atoms with E-state index >= 15 is 0 Å². The number of nitrogens with one attached hydrogen (secondary N) is 1. The van der Waals surface area contributed by atoms with Crippen molar-refractivity contribution in [2.24, 2.45) is 5.41 Å². The zero-order chi connectivity index (χ0) is 13.0. The fraction of sp³-hybridized carbons (Fsp3) is 0.533. The molecule has 1 aliphatic rings. The average molecular weight is 260 g/mol. The van der Waals surface area contributed by atoms with Crippen LogP contribution in [0.15, 0.2) is 23.1 Å². The fourth-order valence-electron chi connectivity index (χ4n) is 2.68. The van der Waals surface area contributed by atoms with Crippen molar-refractivity contribution in [3.8, 4) is 6.07 Å². The first kappa shape index (κ1) is 13.3. The van der Waals surface area contributed by atoms with Gasteiger partial charge in [0.1, 0.15) is 6.07 Å². The number of benzene rings is 1. The highest BCUT2D eigenvalue weighted by Crippen LogP contribution is 2.38. The molecule has 0 bridgehead atoms. The quantitative estimate of drug-likeness (QED) is 0.821. The molecule has 1 saturated carbocycles. The van der Waals surface area contributed by atoms with E-state index in [2.05, 4.69) is 18.3 Å². The SMILES string of the molecule is CSc1cccc(NCC2(C)CCCC2)c1C#N. The molecule has 0 aliphatic heterocycles. The minimum absolute atomic E-state index is 0.405. The molecule has 0 atom stereocenters. The summed E-state index contributed by atoms with van der Waals surface area (Å²) < 4.78 is 0. The molecule has 1 aliphatic carbocycles. The van der Waals surface area contributed by atoms with Gasteiger partial charge in [-0.2, -0.15) is 5.26 Å². The molecule has 96 valence electrons. The fourth-order valence-corrected chi connectivity index (χ4v) is 3.25. The lowest BCUT2D eigenvalue weighted by Gasteiger charge is -2.25. The molecule has 0 aromatic heterocycles. The smallest absolute Gasteiger partial charge is 0.102 e. The second-order valence-electron chi connectivity index (χ2n) is 5.37. The number of nitriles is 1. The van der Waals surface area contributed by atoms with Crippen LogP contribution in [0, 0.1) is 16.7 Å². The van der Waals surface area contributed by atoms with Gasteiger partial charge in [-0.1, -0.05) is 25.8 Å². The third-order valence-corrected chi connectivity index (χ3v) is 4.65. The summed E-state index contributed by atoms with van der Waals surface area (Å²) in [6, 6.07) is 8.36. The molecule has 3 heteroatoms. The Bertz CT molecular complexity index is 456. The molecule has 0 spiro atoms. The topological polar surface area (TPSA) is 35.8 Å². The van der Waals surface area contributed by atoms with E-state index in [1.807, 2.05) is 24.5 Å². The van der Waals surface area contributed by atoms with E-state index < -0.39 is 0 Å². The van der Waals surface area contributed by atoms with Crippen LogP contribution in [0.1, 0.15) is 38.2 Å². The number of nitrogens with zero attached hydrogens (tertiary/aromatic N) is 1. The highest BCUT2D eigenvalue weighted by Gasteiger charge is 2.28. The summed E-state index contributed by atoms with van der Waals surface area (Å²) in [5.41, 5.74) is 2.17. The number of rotatable bonds is 4. The Morgan fingerprint density at radius 2 is 2.11 bits per heavy atom. The first-order valence-corrected chi connectivity index (χ1v) is 7.72. The van der Waals surface area contributed by atoms with Gasteiger partial charge >= 0.3 is 0 Å². The summed E-state index contributed by atoms with van der Waals surface area (Å²) in [4.78, 5) is 1.05. The van der Waals surface area contributed by atoms with E-state index in [-0.39, 0.29) is 0 Å². The van der Waals surface area contributed by atoms with Crippen LogP contribution in [-0.4, -0.2) is 12.8 Å². The summed E-state index contributed by atoms with van der Waals surface area (Å²) in [6.45, 7) is 3.32. The minimum atomic E-state index is 0.405. The highest BCUT2D eigenvalue weighted by atomic mass is 32.2. The van der Waals surface area contributed by atoms with Crippen molar-refractivity contribution in [1.29, 1.82) is 5.26 Å². The van der Waals surface area contributed by atoms with Gasteiger partial charge in [-0.05, 0) is 36.6 Å². The van der Waals surface area contributed by atoms with Gasteiger partial charge < -0.3 is 5.32 Å². The maximum Gasteiger partial charge on any atom is 0.102 e. The highest BCUT2D eigenvalue weighted by molar-refractivity contribution is 7.98. The predicted octanol–water partition coefficient (Wildman–Crippen LogP) is 4.27. The van der Waals surface area contributed by atoms with Gasteiger partial charge in [0.15, 0.2) is 0 Å². The van der Waals surface area contributed by atoms with Crippen molar-refractivity contribution in [3.05, 3.63) is 23.8 Å². The second kappa shape index (κ2) is 5.67. The third kappa shape index (κ3) is 2.81. The zero-order valence-corrected chi connectivity index (χ0v) is 11.9. The Labute approximate surface area is 114 Å². The van der Waals surface area contributed by atoms with Gasteiger partial charge in [0.2, 0.25) is 0 Å². The summed E-state index contributed by atoms with van der Waals surface area (Å²) >= 11 is 1.63. The molecule has 2 nitrogen and oxygen atoms in total. The first-order valence-electron chi connectivity index (χ1n) is 6.49. The van der Waals surface area contributed by atoms with Crippen LogP contribution in [-0.2, 0) is 0 Å². The van der Waals surface area contributed by atoms with E-state index in [1.54, 1.807) is 11.8 Å². The predicted molar refractivity (Wildman–Crippen MR) is 78.0 cm³/mol. The Morgan fingerprint density at radius 3 is 2.72 bits per heavy atom. The Balaban J connectivity index is 2.12. The maximum absolute atomic E-state index is 9.28. The number of hydrogen-bond acceptors (Lipinski definition) is 3. The summed E-state index contributed by atoms with van der Waals surface area (Å²) in [5, 5.41) is 12.8. The Kier molecular flexibility index (Phi) is 4.19. The molecule has 0 heterocycles. The summed E-state index contributed by atoms with van der Waals surface area (Å²) in [7, 11) is 0. The van der Waals surface area contributed by atoms with Crippen molar-refractivity contribution >= 4 is 17.4 Å². The van der Waals surface area contributed by atoms with Crippen molar-refractivity contribution in [2.45, 2.75) is 37.5 Å². The van der Waals surface area contributed by atoms with Gasteiger partial charge in [-0.3, -0.25) is 0 Å². The van der Waals surface area contributed by atoms with Crippen molar-refractivity contribution in [2.75, 3.05) is 18.1 Å². The molecule has 0 radical (unpaired) electrons. The van der Waals surface area contributed by atoms with E-state index in [1.165, 1.54) is 25.7 Å². The molecule has 0 saturated heterocycles. The van der Waals surface area contributed by atoms with Crippen molar-refractivity contribution < 1.29 is 0 Å². The van der Waals surface area contributed by atoms with Crippen molar-refractivity contribution in [1.82, 2.24) is 0 Å². The zero-order valence-electron chi connectivity index (χ0n) is 11.1. The number of thioether (sulfide) groups is 1. The van der Waals surface area contributed by atoms with Gasteiger partial charge in [-0.15, -0.1) is 11.8 Å². The van der Waals surface area contributed by atoms with E-state index in [0.29, 0.717) is 5.41 Å². The lowest BCUT2D eigenvalue weighted by atomic mass is 9.89. The maximum atomic E-state index is 9.28. The van der Waals surface area contributed by atoms with Gasteiger partial charge in [0, 0.05) is 11.4 Å². The summed E-state index contributed by atoms with van der Waals surface area (Å²) in [6.07, 6.45) is 7.29. The van der Waals surface area contributed by atoms with Gasteiger partial charge in [0.25, 0.3) is 0 Å². The third-order valence-electron chi connectivity index (χ3n) is 3.87. The molecule has 1 N–H and O–H groups in total. The molecule has 2 rings (SSSR count). The summed E-state index contributed by atoms with van der Waals surface area (Å²) in [5.74, 6) is 0. The number of hydrogen-bond donors (Lipinski definition) is 1. The van der Waals surface area contributed by atoms with E-state index in [9.17, 15) is 5.26 Å². The Morgan fingerprint density at radius 1 is 1.39 bits per heavy atom. The largest absolute Gasteiger partial charge is 0.383 e. The molecule has 1 fully saturated rings. The molecule has 0 amide bonds. The van der Waals surface area contributed by atoms with Crippen LogP contribution in [0.4, 0.5) is 5.69 Å². The van der Waals surface area contributed by atoms with Gasteiger partial charge in [-0.25, -0.2) is 0 Å². The van der Waals surface area contributed by atoms with Crippen LogP contribution in [0.25, 0.3) is 0 Å². The molecule has 1 aromatic carbocycles. The van der Waals surface area contributed by atoms with Crippen LogP contribution in [0.5, 0.6) is 0 Å². The average Bonchev–Trinajstić information content (AvgIpc) is 2.83. The number of anilines is 1.